The highest BCUT2D eigenvalue weighted by Crippen LogP contribution is 2.37. The molecule has 0 aromatic heterocycles. The van der Waals surface area contributed by atoms with E-state index in [1.165, 1.54) is 17.4 Å². The number of amides is 2. The van der Waals surface area contributed by atoms with Crippen molar-refractivity contribution in [3.05, 3.63) is 71.5 Å². The summed E-state index contributed by atoms with van der Waals surface area (Å²) in [4.78, 5) is 36.8. The highest BCUT2D eigenvalue weighted by Gasteiger charge is 2.34. The fraction of sp³-hybridized carbons (Fsp3) is 0.321. The second-order valence-corrected chi connectivity index (χ2v) is 9.35. The Kier molecular flexibility index (Phi) is 5.79. The number of hydrogen-bond acceptors (Lipinski definition) is 5. The number of nitrogens with zero attached hydrogens (tertiary/aromatic N) is 4. The molecule has 0 saturated carbocycles. The average molecular weight is 487 g/mol. The van der Waals surface area contributed by atoms with Crippen molar-refractivity contribution < 1.29 is 18.7 Å². The molecule has 184 valence electrons. The molecule has 3 heterocycles. The fourth-order valence-electron chi connectivity index (χ4n) is 5.36. The number of rotatable bonds is 5. The second-order valence-electron chi connectivity index (χ2n) is 9.35. The molecule has 3 aliphatic heterocycles. The Morgan fingerprint density at radius 2 is 1.61 bits per heavy atom. The van der Waals surface area contributed by atoms with Crippen LogP contribution in [0.3, 0.4) is 0 Å². The van der Waals surface area contributed by atoms with Crippen LogP contribution in [0.2, 0.25) is 0 Å². The first kappa shape index (κ1) is 22.5. The summed E-state index contributed by atoms with van der Waals surface area (Å²) in [5.41, 5.74) is 2.39. The minimum Gasteiger partial charge on any atom is -0.463 e. The zero-order valence-corrected chi connectivity index (χ0v) is 20.0. The van der Waals surface area contributed by atoms with Gasteiger partial charge in [0.25, 0.3) is 17.8 Å². The number of para-hydroxylation sites is 1. The molecule has 0 unspecified atom stereocenters. The number of ether oxygens (including phenoxy) is 1. The van der Waals surface area contributed by atoms with Crippen LogP contribution in [0.25, 0.3) is 10.8 Å². The number of hydrogen-bond donors (Lipinski definition) is 0. The molecule has 36 heavy (non-hydrogen) atoms. The van der Waals surface area contributed by atoms with Crippen molar-refractivity contribution in [2.45, 2.75) is 19.3 Å². The largest absolute Gasteiger partial charge is 0.463 e. The molecule has 3 aliphatic rings. The van der Waals surface area contributed by atoms with Gasteiger partial charge in [-0.1, -0.05) is 24.3 Å². The molecule has 3 aromatic rings. The van der Waals surface area contributed by atoms with Gasteiger partial charge in [0.1, 0.15) is 18.1 Å². The molecular weight excluding hydrogens is 459 g/mol. The van der Waals surface area contributed by atoms with Crippen LogP contribution in [0.1, 0.15) is 40.0 Å². The standard InChI is InChI=1S/C28H27FN4O3/c29-22-9-2-3-10-23(22)30-28-32(17-18-36-28)15-16-33-26(34)20-8-6-7-19-24(31-13-4-1-5-14-31)12-11-21(25(19)20)27(33)35/h2-3,6-12H,1,4-5,13-18H2. The minimum absolute atomic E-state index is 0.182. The van der Waals surface area contributed by atoms with Gasteiger partial charge in [-0.15, -0.1) is 0 Å². The number of halogens is 1. The van der Waals surface area contributed by atoms with E-state index in [0.29, 0.717) is 36.8 Å². The van der Waals surface area contributed by atoms with Crippen LogP contribution in [-0.4, -0.2) is 67.0 Å². The van der Waals surface area contributed by atoms with Gasteiger partial charge < -0.3 is 14.5 Å². The summed E-state index contributed by atoms with van der Waals surface area (Å²) < 4.78 is 19.7. The van der Waals surface area contributed by atoms with Gasteiger partial charge in [-0.3, -0.25) is 14.5 Å². The third-order valence-electron chi connectivity index (χ3n) is 7.19. The van der Waals surface area contributed by atoms with Crippen molar-refractivity contribution in [1.29, 1.82) is 0 Å². The lowest BCUT2D eigenvalue weighted by Gasteiger charge is -2.33. The Morgan fingerprint density at radius 1 is 0.833 bits per heavy atom. The van der Waals surface area contributed by atoms with Crippen LogP contribution in [0.15, 0.2) is 59.6 Å². The summed E-state index contributed by atoms with van der Waals surface area (Å²) >= 11 is 0. The minimum atomic E-state index is -0.435. The molecule has 2 saturated heterocycles. The van der Waals surface area contributed by atoms with Crippen LogP contribution in [0.5, 0.6) is 0 Å². The first-order valence-electron chi connectivity index (χ1n) is 12.5. The maximum Gasteiger partial charge on any atom is 0.292 e. The van der Waals surface area contributed by atoms with Crippen LogP contribution in [0, 0.1) is 5.82 Å². The quantitative estimate of drug-likeness (QED) is 0.494. The van der Waals surface area contributed by atoms with Crippen molar-refractivity contribution in [2.75, 3.05) is 44.2 Å². The molecule has 0 radical (unpaired) electrons. The molecule has 2 fully saturated rings. The Labute approximate surface area is 208 Å². The predicted octanol–water partition coefficient (Wildman–Crippen LogP) is 4.59. The van der Waals surface area contributed by atoms with E-state index in [-0.39, 0.29) is 24.0 Å². The topological polar surface area (TPSA) is 65.5 Å². The van der Waals surface area contributed by atoms with E-state index in [0.717, 1.165) is 42.4 Å². The summed E-state index contributed by atoms with van der Waals surface area (Å²) in [5, 5.41) is 1.71. The van der Waals surface area contributed by atoms with E-state index < -0.39 is 5.82 Å². The first-order valence-corrected chi connectivity index (χ1v) is 12.5. The van der Waals surface area contributed by atoms with Gasteiger partial charge >= 0.3 is 0 Å². The molecule has 6 rings (SSSR count). The zero-order chi connectivity index (χ0) is 24.6. The number of carbonyl (C=O) groups excluding carboxylic acids is 2. The smallest absolute Gasteiger partial charge is 0.292 e. The van der Waals surface area contributed by atoms with Gasteiger partial charge in [-0.2, -0.15) is 4.99 Å². The van der Waals surface area contributed by atoms with Crippen LogP contribution in [-0.2, 0) is 4.74 Å². The molecule has 0 aliphatic carbocycles. The maximum absolute atomic E-state index is 14.1. The highest BCUT2D eigenvalue weighted by molar-refractivity contribution is 6.26. The van der Waals surface area contributed by atoms with Crippen LogP contribution < -0.4 is 4.90 Å². The van der Waals surface area contributed by atoms with E-state index >= 15 is 0 Å². The molecular formula is C28H27FN4O3. The van der Waals surface area contributed by atoms with Crippen molar-refractivity contribution >= 4 is 40.0 Å². The summed E-state index contributed by atoms with van der Waals surface area (Å²) in [6.45, 7) is 3.47. The highest BCUT2D eigenvalue weighted by atomic mass is 19.1. The van der Waals surface area contributed by atoms with Gasteiger partial charge in [0.2, 0.25) is 0 Å². The van der Waals surface area contributed by atoms with E-state index in [9.17, 15) is 14.0 Å². The zero-order valence-electron chi connectivity index (χ0n) is 20.0. The SMILES string of the molecule is O=C1c2cccc3c(N4CCCCC4)ccc(c23)C(=O)N1CCN1CCOC1=Nc1ccccc1F. The number of aliphatic imine (C=N–C) groups is 1. The van der Waals surface area contributed by atoms with Gasteiger partial charge in [0.05, 0.1) is 6.54 Å². The van der Waals surface area contributed by atoms with E-state index in [2.05, 4.69) is 9.89 Å². The van der Waals surface area contributed by atoms with E-state index in [4.69, 9.17) is 4.74 Å². The molecule has 8 heteroatoms. The first-order chi connectivity index (χ1) is 17.6. The Morgan fingerprint density at radius 3 is 2.42 bits per heavy atom. The molecule has 0 atom stereocenters. The number of carbonyl (C=O) groups is 2. The summed E-state index contributed by atoms with van der Waals surface area (Å²) in [5.74, 6) is -1.02. The summed E-state index contributed by atoms with van der Waals surface area (Å²) in [6, 6.07) is 16.1. The van der Waals surface area contributed by atoms with Gasteiger partial charge in [0.15, 0.2) is 0 Å². The lowest BCUT2D eigenvalue weighted by atomic mass is 9.92. The number of amidine groups is 1. The average Bonchev–Trinajstić information content (AvgIpc) is 3.35. The molecule has 3 aromatic carbocycles. The van der Waals surface area contributed by atoms with Crippen molar-refractivity contribution in [3.63, 3.8) is 0 Å². The van der Waals surface area contributed by atoms with Crippen LogP contribution in [0.4, 0.5) is 15.8 Å². The van der Waals surface area contributed by atoms with Crippen molar-refractivity contribution in [3.8, 4) is 0 Å². The molecule has 0 bridgehead atoms. The number of piperidine rings is 1. The van der Waals surface area contributed by atoms with E-state index in [1.807, 2.05) is 29.2 Å². The second kappa shape index (κ2) is 9.26. The van der Waals surface area contributed by atoms with Crippen LogP contribution >= 0.6 is 0 Å². The third kappa shape index (κ3) is 3.86. The maximum atomic E-state index is 14.1. The predicted molar refractivity (Wildman–Crippen MR) is 136 cm³/mol. The number of anilines is 1. The monoisotopic (exact) mass is 486 g/mol. The molecule has 0 spiro atoms. The van der Waals surface area contributed by atoms with Crippen molar-refractivity contribution in [1.82, 2.24) is 9.80 Å². The van der Waals surface area contributed by atoms with Gasteiger partial charge in [-0.05, 0) is 49.6 Å². The van der Waals surface area contributed by atoms with Gasteiger partial charge in [0, 0.05) is 53.8 Å². The lowest BCUT2D eigenvalue weighted by Crippen LogP contribution is -2.45. The normalized spacial score (nSPS) is 18.9. The number of benzene rings is 3. The van der Waals surface area contributed by atoms with E-state index in [1.54, 1.807) is 24.3 Å². The molecule has 7 nitrogen and oxygen atoms in total. The van der Waals surface area contributed by atoms with Crippen molar-refractivity contribution in [2.24, 2.45) is 4.99 Å². The lowest BCUT2D eigenvalue weighted by molar-refractivity contribution is 0.0603. The Balaban J connectivity index is 1.26. The molecule has 0 N–H and O–H groups in total. The Bertz CT molecular complexity index is 1360. The summed E-state index contributed by atoms with van der Waals surface area (Å²) in [6.07, 6.45) is 3.53. The third-order valence-corrected chi connectivity index (χ3v) is 7.19. The molecule has 2 amide bonds. The fourth-order valence-corrected chi connectivity index (χ4v) is 5.36. The summed E-state index contributed by atoms with van der Waals surface area (Å²) in [7, 11) is 0. The number of imide groups is 1. The Hall–Kier alpha value is -3.94. The van der Waals surface area contributed by atoms with Gasteiger partial charge in [-0.25, -0.2) is 4.39 Å².